The summed E-state index contributed by atoms with van der Waals surface area (Å²) in [6.45, 7) is 8.14. The Kier molecular flexibility index (Phi) is 4.68. The van der Waals surface area contributed by atoms with Crippen molar-refractivity contribution in [1.82, 2.24) is 20.1 Å². The fourth-order valence-corrected chi connectivity index (χ4v) is 2.09. The van der Waals surface area contributed by atoms with Gasteiger partial charge in [-0.25, -0.2) is 9.67 Å². The van der Waals surface area contributed by atoms with Crippen molar-refractivity contribution in [2.75, 3.05) is 6.54 Å². The molecule has 0 spiro atoms. The van der Waals surface area contributed by atoms with Crippen molar-refractivity contribution >= 4 is 0 Å². The lowest BCUT2D eigenvalue weighted by atomic mass is 10.1. The summed E-state index contributed by atoms with van der Waals surface area (Å²) < 4.78 is 1.99. The molecule has 0 saturated carbocycles. The molecular weight excluding hydrogens is 236 g/mol. The summed E-state index contributed by atoms with van der Waals surface area (Å²) in [6, 6.07) is 8.38. The first-order valence-electron chi connectivity index (χ1n) is 7.03. The fourth-order valence-electron chi connectivity index (χ4n) is 2.09. The van der Waals surface area contributed by atoms with Gasteiger partial charge in [-0.05, 0) is 18.2 Å². The number of para-hydroxylation sites is 1. The molecule has 1 N–H and O–H groups in total. The molecular formula is C15H22N4. The highest BCUT2D eigenvalue weighted by atomic mass is 15.4. The second-order valence-corrected chi connectivity index (χ2v) is 4.47. The van der Waals surface area contributed by atoms with E-state index in [1.54, 1.807) is 0 Å². The van der Waals surface area contributed by atoms with Crippen molar-refractivity contribution in [3.63, 3.8) is 0 Å². The van der Waals surface area contributed by atoms with Gasteiger partial charge in [0, 0.05) is 19.4 Å². The maximum atomic E-state index is 4.62. The van der Waals surface area contributed by atoms with Gasteiger partial charge in [-0.1, -0.05) is 39.0 Å². The van der Waals surface area contributed by atoms with Crippen molar-refractivity contribution in [2.24, 2.45) is 0 Å². The number of aryl methyl sites for hydroxylation is 2. The van der Waals surface area contributed by atoms with E-state index in [2.05, 4.69) is 60.4 Å². The molecule has 4 heteroatoms. The van der Waals surface area contributed by atoms with Gasteiger partial charge in [0.25, 0.3) is 0 Å². The van der Waals surface area contributed by atoms with E-state index in [1.807, 2.05) is 4.68 Å². The predicted molar refractivity (Wildman–Crippen MR) is 77.5 cm³/mol. The predicted octanol–water partition coefficient (Wildman–Crippen LogP) is 2.50. The van der Waals surface area contributed by atoms with Crippen molar-refractivity contribution in [2.45, 2.75) is 40.2 Å². The summed E-state index contributed by atoms with van der Waals surface area (Å²) in [7, 11) is 0. The third-order valence-corrected chi connectivity index (χ3v) is 3.14. The second-order valence-electron chi connectivity index (χ2n) is 4.47. The second kappa shape index (κ2) is 6.48. The van der Waals surface area contributed by atoms with Crippen molar-refractivity contribution in [3.05, 3.63) is 41.5 Å². The van der Waals surface area contributed by atoms with E-state index in [4.69, 9.17) is 0 Å². The lowest BCUT2D eigenvalue weighted by molar-refractivity contribution is 0.709. The van der Waals surface area contributed by atoms with Gasteiger partial charge in [-0.3, -0.25) is 0 Å². The smallest absolute Gasteiger partial charge is 0.151 e. The molecule has 1 aromatic heterocycles. The highest BCUT2D eigenvalue weighted by Gasteiger charge is 2.11. The molecule has 19 heavy (non-hydrogen) atoms. The number of aromatic nitrogens is 3. The molecule has 0 fully saturated rings. The monoisotopic (exact) mass is 258 g/mol. The Labute approximate surface area is 114 Å². The summed E-state index contributed by atoms with van der Waals surface area (Å²) in [5, 5.41) is 7.99. The molecule has 4 nitrogen and oxygen atoms in total. The molecule has 0 saturated heterocycles. The van der Waals surface area contributed by atoms with Crippen LogP contribution < -0.4 is 5.32 Å². The zero-order chi connectivity index (χ0) is 13.7. The average Bonchev–Trinajstić information content (AvgIpc) is 2.88. The first kappa shape index (κ1) is 13.7. The molecule has 1 heterocycles. The molecule has 0 unspecified atom stereocenters. The van der Waals surface area contributed by atoms with Gasteiger partial charge in [0.2, 0.25) is 0 Å². The van der Waals surface area contributed by atoms with Crippen LogP contribution in [0.25, 0.3) is 5.69 Å². The van der Waals surface area contributed by atoms with E-state index < -0.39 is 0 Å². The first-order chi connectivity index (χ1) is 9.30. The fraction of sp³-hybridized carbons (Fsp3) is 0.467. The largest absolute Gasteiger partial charge is 0.313 e. The van der Waals surface area contributed by atoms with Gasteiger partial charge in [-0.2, -0.15) is 5.10 Å². The third-order valence-electron chi connectivity index (χ3n) is 3.14. The van der Waals surface area contributed by atoms with E-state index in [0.717, 1.165) is 43.3 Å². The Bertz CT molecular complexity index is 531. The SMILES string of the molecule is CCNCc1ccccc1-n1nc(CC)nc1CC. The summed E-state index contributed by atoms with van der Waals surface area (Å²) in [5.74, 6) is 1.94. The summed E-state index contributed by atoms with van der Waals surface area (Å²) in [4.78, 5) is 4.58. The Morgan fingerprint density at radius 2 is 1.89 bits per heavy atom. The Morgan fingerprint density at radius 3 is 2.58 bits per heavy atom. The number of benzene rings is 1. The molecule has 102 valence electrons. The molecule has 0 aliphatic carbocycles. The third kappa shape index (κ3) is 3.01. The van der Waals surface area contributed by atoms with Crippen molar-refractivity contribution < 1.29 is 0 Å². The maximum absolute atomic E-state index is 4.62. The van der Waals surface area contributed by atoms with Crippen LogP contribution >= 0.6 is 0 Å². The average molecular weight is 258 g/mol. The number of hydrogen-bond acceptors (Lipinski definition) is 3. The zero-order valence-corrected chi connectivity index (χ0v) is 12.0. The topological polar surface area (TPSA) is 42.7 Å². The molecule has 0 atom stereocenters. The van der Waals surface area contributed by atoms with Crippen LogP contribution in [0.5, 0.6) is 0 Å². The van der Waals surface area contributed by atoms with Gasteiger partial charge in [0.1, 0.15) is 5.82 Å². The maximum Gasteiger partial charge on any atom is 0.151 e. The Morgan fingerprint density at radius 1 is 1.11 bits per heavy atom. The van der Waals surface area contributed by atoms with E-state index in [-0.39, 0.29) is 0 Å². The molecule has 2 aromatic rings. The molecule has 0 aliphatic rings. The summed E-state index contributed by atoms with van der Waals surface area (Å²) >= 11 is 0. The highest BCUT2D eigenvalue weighted by molar-refractivity contribution is 5.41. The highest BCUT2D eigenvalue weighted by Crippen LogP contribution is 2.16. The minimum atomic E-state index is 0.858. The molecule has 0 aliphatic heterocycles. The lowest BCUT2D eigenvalue weighted by Crippen LogP contribution is -2.15. The van der Waals surface area contributed by atoms with Crippen LogP contribution in [0.2, 0.25) is 0 Å². The molecule has 2 rings (SSSR count). The molecule has 1 aromatic carbocycles. The van der Waals surface area contributed by atoms with Crippen LogP contribution in [0.1, 0.15) is 38.0 Å². The number of nitrogens with one attached hydrogen (secondary N) is 1. The molecule has 0 amide bonds. The van der Waals surface area contributed by atoms with Crippen LogP contribution in [-0.4, -0.2) is 21.3 Å². The van der Waals surface area contributed by atoms with Gasteiger partial charge < -0.3 is 5.32 Å². The van der Waals surface area contributed by atoms with Gasteiger partial charge in [-0.15, -0.1) is 0 Å². The van der Waals surface area contributed by atoms with E-state index >= 15 is 0 Å². The van der Waals surface area contributed by atoms with Gasteiger partial charge >= 0.3 is 0 Å². The van der Waals surface area contributed by atoms with Gasteiger partial charge in [0.15, 0.2) is 5.82 Å². The molecule has 0 radical (unpaired) electrons. The Hall–Kier alpha value is -1.68. The standard InChI is InChI=1S/C15H22N4/c1-4-14-17-15(5-2)19(18-14)13-10-8-7-9-12(13)11-16-6-3/h7-10,16H,4-6,11H2,1-3H3. The Balaban J connectivity index is 2.42. The van der Waals surface area contributed by atoms with Crippen molar-refractivity contribution in [3.8, 4) is 5.69 Å². The van der Waals surface area contributed by atoms with Gasteiger partial charge in [0.05, 0.1) is 5.69 Å². The van der Waals surface area contributed by atoms with Crippen LogP contribution in [0.3, 0.4) is 0 Å². The first-order valence-corrected chi connectivity index (χ1v) is 7.03. The number of nitrogens with zero attached hydrogens (tertiary/aromatic N) is 3. The van der Waals surface area contributed by atoms with Crippen molar-refractivity contribution in [1.29, 1.82) is 0 Å². The number of hydrogen-bond donors (Lipinski definition) is 1. The zero-order valence-electron chi connectivity index (χ0n) is 12.0. The number of rotatable bonds is 6. The lowest BCUT2D eigenvalue weighted by Gasteiger charge is -2.11. The van der Waals surface area contributed by atoms with E-state index in [1.165, 1.54) is 5.56 Å². The minimum absolute atomic E-state index is 0.858. The van der Waals surface area contributed by atoms with E-state index in [9.17, 15) is 0 Å². The van der Waals surface area contributed by atoms with Crippen LogP contribution in [0, 0.1) is 0 Å². The van der Waals surface area contributed by atoms with E-state index in [0.29, 0.717) is 0 Å². The van der Waals surface area contributed by atoms with Crippen LogP contribution in [0.15, 0.2) is 24.3 Å². The summed E-state index contributed by atoms with van der Waals surface area (Å²) in [6.07, 6.45) is 1.76. The summed E-state index contributed by atoms with van der Waals surface area (Å²) in [5.41, 5.74) is 2.39. The minimum Gasteiger partial charge on any atom is -0.313 e. The molecule has 0 bridgehead atoms. The normalized spacial score (nSPS) is 10.9. The van der Waals surface area contributed by atoms with Crippen LogP contribution in [-0.2, 0) is 19.4 Å². The quantitative estimate of drug-likeness (QED) is 0.865. The van der Waals surface area contributed by atoms with Crippen LogP contribution in [0.4, 0.5) is 0 Å².